The van der Waals surface area contributed by atoms with E-state index in [9.17, 15) is 31.1 Å². The van der Waals surface area contributed by atoms with E-state index in [2.05, 4.69) is 17.4 Å². The van der Waals surface area contributed by atoms with Crippen molar-refractivity contribution in [2.45, 2.75) is 31.3 Å². The van der Waals surface area contributed by atoms with E-state index < -0.39 is 30.3 Å². The molecule has 0 saturated heterocycles. The molecule has 0 heterocycles. The maximum absolute atomic E-state index is 12.2. The van der Waals surface area contributed by atoms with Crippen LogP contribution in [-0.4, -0.2) is 29.7 Å². The highest BCUT2D eigenvalue weighted by molar-refractivity contribution is 7.80. The second kappa shape index (κ2) is 4.72. The van der Waals surface area contributed by atoms with Crippen molar-refractivity contribution in [3.8, 4) is 0 Å². The fourth-order valence-electron chi connectivity index (χ4n) is 0.646. The Morgan fingerprint density at radius 3 is 1.75 bits per heavy atom. The number of hydrogen-bond acceptors (Lipinski definition) is 3. The van der Waals surface area contributed by atoms with Crippen LogP contribution in [0.4, 0.5) is 26.3 Å². The normalized spacial score (nSPS) is 13.8. The molecule has 0 spiro atoms. The highest BCUT2D eigenvalue weighted by Crippen LogP contribution is 2.45. The van der Waals surface area contributed by atoms with Crippen molar-refractivity contribution < 1.29 is 35.9 Å². The van der Waals surface area contributed by atoms with Gasteiger partial charge in [0.25, 0.3) is 5.60 Å². The van der Waals surface area contributed by atoms with Crippen LogP contribution in [0.15, 0.2) is 0 Å². The van der Waals surface area contributed by atoms with E-state index in [1.165, 1.54) is 0 Å². The Bertz CT molecular complexity index is 245. The van der Waals surface area contributed by atoms with Gasteiger partial charge in [-0.15, -0.1) is 0 Å². The van der Waals surface area contributed by atoms with E-state index in [0.29, 0.717) is 0 Å². The van der Waals surface area contributed by atoms with E-state index in [0.717, 1.165) is 0 Å². The molecule has 0 fully saturated rings. The Morgan fingerprint density at radius 2 is 1.50 bits per heavy atom. The summed E-state index contributed by atoms with van der Waals surface area (Å²) in [6, 6.07) is 0. The summed E-state index contributed by atoms with van der Waals surface area (Å²) in [4.78, 5) is 10.7. The molecule has 0 unspecified atom stereocenters. The molecule has 0 aliphatic carbocycles. The summed E-state index contributed by atoms with van der Waals surface area (Å²) < 4.78 is 76.6. The molecule has 2 nitrogen and oxygen atoms in total. The Balaban J connectivity index is 5.06. The van der Waals surface area contributed by atoms with Crippen LogP contribution in [0.1, 0.15) is 13.3 Å². The molecular weight excluding hydrogens is 262 g/mol. The van der Waals surface area contributed by atoms with Crippen molar-refractivity contribution in [2.24, 2.45) is 0 Å². The second-order valence-corrected chi connectivity index (χ2v) is 3.42. The third kappa shape index (κ3) is 3.19. The molecule has 0 saturated carbocycles. The number of hydrogen-bond donors (Lipinski definition) is 1. The first-order valence-electron chi connectivity index (χ1n) is 3.92. The number of esters is 1. The average molecular weight is 270 g/mol. The van der Waals surface area contributed by atoms with Crippen LogP contribution < -0.4 is 0 Å². The van der Waals surface area contributed by atoms with Gasteiger partial charge in [-0.1, -0.05) is 0 Å². The number of rotatable bonds is 3. The predicted molar refractivity (Wildman–Crippen MR) is 45.1 cm³/mol. The molecule has 0 amide bonds. The van der Waals surface area contributed by atoms with Gasteiger partial charge in [0.2, 0.25) is 0 Å². The lowest BCUT2D eigenvalue weighted by atomic mass is 10.1. The SMILES string of the molecule is CC(OC(=O)CCS)(C(F)(F)F)C(F)(F)F. The zero-order chi connectivity index (χ0) is 13.2. The maximum atomic E-state index is 12.2. The van der Waals surface area contributed by atoms with Crippen LogP contribution in [-0.2, 0) is 9.53 Å². The predicted octanol–water partition coefficient (Wildman–Crippen LogP) is 2.73. The number of carbonyl (C=O) groups is 1. The fraction of sp³-hybridized carbons (Fsp3) is 0.857. The lowest BCUT2D eigenvalue weighted by Gasteiger charge is -2.33. The van der Waals surface area contributed by atoms with Gasteiger partial charge in [0.15, 0.2) is 0 Å². The minimum atomic E-state index is -5.72. The third-order valence-electron chi connectivity index (χ3n) is 1.72. The van der Waals surface area contributed by atoms with Crippen LogP contribution >= 0.6 is 12.6 Å². The maximum Gasteiger partial charge on any atom is 0.437 e. The monoisotopic (exact) mass is 270 g/mol. The lowest BCUT2D eigenvalue weighted by Crippen LogP contribution is -2.57. The van der Waals surface area contributed by atoms with Crippen molar-refractivity contribution >= 4 is 18.6 Å². The number of ether oxygens (including phenoxy) is 1. The van der Waals surface area contributed by atoms with Crippen molar-refractivity contribution in [1.82, 2.24) is 0 Å². The topological polar surface area (TPSA) is 26.3 Å². The molecule has 0 bridgehead atoms. The number of alkyl halides is 6. The van der Waals surface area contributed by atoms with E-state index >= 15 is 0 Å². The lowest BCUT2D eigenvalue weighted by molar-refractivity contribution is -0.362. The fourth-order valence-corrected chi connectivity index (χ4v) is 0.829. The summed E-state index contributed by atoms with van der Waals surface area (Å²) in [6.07, 6.45) is -12.1. The third-order valence-corrected chi connectivity index (χ3v) is 1.94. The summed E-state index contributed by atoms with van der Waals surface area (Å²) in [5, 5.41) is 0. The summed E-state index contributed by atoms with van der Waals surface area (Å²) in [7, 11) is 0. The van der Waals surface area contributed by atoms with Gasteiger partial charge in [0, 0.05) is 5.75 Å². The molecule has 0 aromatic carbocycles. The Kier molecular flexibility index (Phi) is 4.55. The van der Waals surface area contributed by atoms with Crippen molar-refractivity contribution in [3.63, 3.8) is 0 Å². The molecular formula is C7H8F6O2S. The van der Waals surface area contributed by atoms with E-state index in [1.54, 1.807) is 0 Å². The molecule has 96 valence electrons. The first-order chi connectivity index (χ1) is 6.95. The molecule has 0 aromatic heterocycles. The molecule has 0 aromatic rings. The zero-order valence-corrected chi connectivity index (χ0v) is 8.84. The molecule has 9 heteroatoms. The van der Waals surface area contributed by atoms with Gasteiger partial charge in [-0.25, -0.2) is 0 Å². The smallest absolute Gasteiger partial charge is 0.437 e. The van der Waals surface area contributed by atoms with Crippen LogP contribution in [0.5, 0.6) is 0 Å². The van der Waals surface area contributed by atoms with Crippen molar-refractivity contribution in [3.05, 3.63) is 0 Å². The van der Waals surface area contributed by atoms with Crippen LogP contribution in [0.2, 0.25) is 0 Å². The van der Waals surface area contributed by atoms with Gasteiger partial charge in [-0.05, 0) is 6.92 Å². The highest BCUT2D eigenvalue weighted by atomic mass is 32.1. The highest BCUT2D eigenvalue weighted by Gasteiger charge is 2.71. The van der Waals surface area contributed by atoms with Crippen LogP contribution in [0, 0.1) is 0 Å². The number of halogens is 6. The summed E-state index contributed by atoms with van der Waals surface area (Å²) in [5.74, 6) is -1.81. The van der Waals surface area contributed by atoms with Gasteiger partial charge in [0.1, 0.15) is 0 Å². The Morgan fingerprint density at radius 1 is 1.12 bits per heavy atom. The summed E-state index contributed by atoms with van der Waals surface area (Å²) >= 11 is 3.49. The largest absolute Gasteiger partial charge is 0.440 e. The quantitative estimate of drug-likeness (QED) is 0.485. The minimum absolute atomic E-state index is 0.204. The standard InChI is InChI=1S/C7H8F6O2S/c1-5(6(8,9)10,7(11,12)13)15-4(14)2-3-16/h16H,2-3H2,1H3. The molecule has 0 rings (SSSR count). The first kappa shape index (κ1) is 15.4. The zero-order valence-electron chi connectivity index (χ0n) is 7.95. The minimum Gasteiger partial charge on any atom is -0.440 e. The van der Waals surface area contributed by atoms with Crippen LogP contribution in [0.25, 0.3) is 0 Å². The molecule has 0 aliphatic heterocycles. The van der Waals surface area contributed by atoms with Crippen LogP contribution in [0.3, 0.4) is 0 Å². The molecule has 0 radical (unpaired) electrons. The molecule has 0 N–H and O–H groups in total. The molecule has 0 aliphatic rings. The molecule has 0 atom stereocenters. The number of carbonyl (C=O) groups excluding carboxylic acids is 1. The molecule has 16 heavy (non-hydrogen) atoms. The first-order valence-corrected chi connectivity index (χ1v) is 4.55. The van der Waals surface area contributed by atoms with E-state index in [4.69, 9.17) is 0 Å². The summed E-state index contributed by atoms with van der Waals surface area (Å²) in [5.41, 5.74) is -4.49. The Hall–Kier alpha value is -0.600. The van der Waals surface area contributed by atoms with Crippen molar-refractivity contribution in [2.75, 3.05) is 5.75 Å². The second-order valence-electron chi connectivity index (χ2n) is 2.98. The average Bonchev–Trinajstić information content (AvgIpc) is 1.99. The van der Waals surface area contributed by atoms with E-state index in [-0.39, 0.29) is 12.7 Å². The van der Waals surface area contributed by atoms with Gasteiger partial charge in [0.05, 0.1) is 6.42 Å². The van der Waals surface area contributed by atoms with Gasteiger partial charge < -0.3 is 4.74 Å². The van der Waals surface area contributed by atoms with Crippen molar-refractivity contribution in [1.29, 1.82) is 0 Å². The van der Waals surface area contributed by atoms with Gasteiger partial charge in [-0.3, -0.25) is 4.79 Å². The Labute approximate surface area is 92.4 Å². The van der Waals surface area contributed by atoms with Gasteiger partial charge in [-0.2, -0.15) is 39.0 Å². The number of thiol groups is 1. The van der Waals surface area contributed by atoms with E-state index in [1.807, 2.05) is 0 Å². The van der Waals surface area contributed by atoms with Gasteiger partial charge >= 0.3 is 18.3 Å². The summed E-state index contributed by atoms with van der Waals surface area (Å²) in [6.45, 7) is -0.233.